The van der Waals surface area contributed by atoms with Gasteiger partial charge in [-0.25, -0.2) is 18.2 Å². The van der Waals surface area contributed by atoms with Crippen molar-refractivity contribution in [2.24, 2.45) is 12.7 Å². The number of anilines is 3. The molecule has 1 aliphatic heterocycles. The van der Waals surface area contributed by atoms with E-state index in [4.69, 9.17) is 15.6 Å². The van der Waals surface area contributed by atoms with E-state index in [2.05, 4.69) is 15.4 Å². The van der Waals surface area contributed by atoms with Gasteiger partial charge in [0.15, 0.2) is 11.5 Å². The fourth-order valence-corrected chi connectivity index (χ4v) is 4.40. The first kappa shape index (κ1) is 18.5. The molecule has 170 valence electrons. The minimum atomic E-state index is -2.68. The number of aromatic nitrogens is 3. The predicted octanol–water partition coefficient (Wildman–Crippen LogP) is 2.92. The fourth-order valence-electron chi connectivity index (χ4n) is 3.52. The van der Waals surface area contributed by atoms with Crippen LogP contribution in [0.3, 0.4) is 0 Å². The summed E-state index contributed by atoms with van der Waals surface area (Å²) in [5, 5.41) is 6.21. The van der Waals surface area contributed by atoms with Gasteiger partial charge in [-0.2, -0.15) is 5.10 Å². The Morgan fingerprint density at radius 2 is 2.03 bits per heavy atom. The molecule has 2 aromatic heterocycles. The Labute approximate surface area is 190 Å². The number of alkyl halides is 1. The summed E-state index contributed by atoms with van der Waals surface area (Å²) in [5.41, 5.74) is 11.1. The normalized spacial score (nSPS) is 20.9. The average Bonchev–Trinajstić information content (AvgIpc) is 3.32. The fraction of sp³-hybridized carbons (Fsp3) is 0.350. The molecule has 3 heterocycles. The van der Waals surface area contributed by atoms with Crippen molar-refractivity contribution in [2.75, 3.05) is 29.0 Å². The number of halogens is 3. The van der Waals surface area contributed by atoms with E-state index < -0.39 is 42.3 Å². The van der Waals surface area contributed by atoms with Crippen LogP contribution in [0.4, 0.5) is 29.7 Å². The van der Waals surface area contributed by atoms with E-state index >= 15 is 0 Å². The molecule has 1 saturated heterocycles. The highest BCUT2D eigenvalue weighted by atomic mass is 32.1. The average molecular weight is 469 g/mol. The van der Waals surface area contributed by atoms with Crippen LogP contribution in [0.5, 0.6) is 0 Å². The van der Waals surface area contributed by atoms with Crippen LogP contribution in [0.15, 0.2) is 24.4 Å². The van der Waals surface area contributed by atoms with Crippen molar-refractivity contribution in [1.82, 2.24) is 14.8 Å². The monoisotopic (exact) mass is 468 g/mol. The number of nitrogen functional groups attached to an aromatic ring is 1. The number of carbonyl (C=O) groups is 1. The Morgan fingerprint density at radius 3 is 2.75 bits per heavy atom. The quantitative estimate of drug-likeness (QED) is 0.542. The molecular formula is C20H22F3N7OS. The highest BCUT2D eigenvalue weighted by Crippen LogP contribution is 2.34. The van der Waals surface area contributed by atoms with E-state index in [1.165, 1.54) is 6.07 Å². The molecule has 2 atom stereocenters. The third kappa shape index (κ3) is 4.15. The Morgan fingerprint density at radius 1 is 1.31 bits per heavy atom. The number of hydrogen-bond acceptors (Lipinski definition) is 7. The van der Waals surface area contributed by atoms with Crippen molar-refractivity contribution in [3.8, 4) is 10.6 Å². The second kappa shape index (κ2) is 8.79. The van der Waals surface area contributed by atoms with Crippen LogP contribution >= 0.6 is 11.3 Å². The second-order valence-corrected chi connectivity index (χ2v) is 8.35. The zero-order valence-electron chi connectivity index (χ0n) is 19.7. The zero-order valence-corrected chi connectivity index (χ0v) is 17.5. The Bertz CT molecular complexity index is 1220. The highest BCUT2D eigenvalue weighted by Gasteiger charge is 2.28. The third-order valence-electron chi connectivity index (χ3n) is 5.21. The van der Waals surface area contributed by atoms with E-state index in [1.54, 1.807) is 4.90 Å². The Kier molecular flexibility index (Phi) is 5.07. The Hall–Kier alpha value is -3.12. The summed E-state index contributed by atoms with van der Waals surface area (Å²) in [6.45, 7) is -2.30. The zero-order chi connectivity index (χ0) is 25.5. The van der Waals surface area contributed by atoms with Gasteiger partial charge in [0.05, 0.1) is 11.8 Å². The van der Waals surface area contributed by atoms with Crippen LogP contribution in [0.25, 0.3) is 10.6 Å². The molecule has 1 amide bonds. The lowest BCUT2D eigenvalue weighted by atomic mass is 10.1. The van der Waals surface area contributed by atoms with E-state index in [-0.39, 0.29) is 53.1 Å². The Balaban J connectivity index is 1.67. The van der Waals surface area contributed by atoms with Crippen LogP contribution < -0.4 is 21.7 Å². The molecule has 1 aromatic carbocycles. The van der Waals surface area contributed by atoms with E-state index in [0.717, 1.165) is 34.3 Å². The molecule has 0 aliphatic carbocycles. The summed E-state index contributed by atoms with van der Waals surface area (Å²) in [5.74, 6) is -2.51. The SMILES string of the molecule is [2H]C([2H])([2H])n1ncc(NC(=O)c2nc(-c3c(F)cccc3F)sc2N)c1N1CC[C@H](N)[C@@H](F)CC1. The minimum absolute atomic E-state index is 0.0306. The first-order valence-electron chi connectivity index (χ1n) is 11.2. The number of nitrogens with zero attached hydrogens (tertiary/aromatic N) is 4. The van der Waals surface area contributed by atoms with Gasteiger partial charge in [0.25, 0.3) is 5.91 Å². The summed E-state index contributed by atoms with van der Waals surface area (Å²) in [7, 11) is 0. The lowest BCUT2D eigenvalue weighted by Gasteiger charge is -2.24. The maximum absolute atomic E-state index is 14.2. The lowest BCUT2D eigenvalue weighted by Crippen LogP contribution is -2.31. The van der Waals surface area contributed by atoms with Crippen LogP contribution in [0.2, 0.25) is 0 Å². The van der Waals surface area contributed by atoms with Crippen molar-refractivity contribution in [2.45, 2.75) is 25.1 Å². The van der Waals surface area contributed by atoms with Gasteiger partial charge >= 0.3 is 0 Å². The van der Waals surface area contributed by atoms with Crippen molar-refractivity contribution >= 4 is 33.8 Å². The molecule has 0 saturated carbocycles. The molecule has 1 aliphatic rings. The van der Waals surface area contributed by atoms with E-state index in [0.29, 0.717) is 0 Å². The van der Waals surface area contributed by atoms with Gasteiger partial charge in [-0.1, -0.05) is 17.4 Å². The number of carbonyl (C=O) groups excluding carboxylic acids is 1. The number of nitrogens with two attached hydrogens (primary N) is 2. The molecule has 3 aromatic rings. The summed E-state index contributed by atoms with van der Waals surface area (Å²) in [6.07, 6.45) is 0.223. The molecule has 12 heteroatoms. The minimum Gasteiger partial charge on any atom is -0.389 e. The van der Waals surface area contributed by atoms with Gasteiger partial charge in [-0.05, 0) is 25.0 Å². The van der Waals surface area contributed by atoms with Gasteiger partial charge in [-0.3, -0.25) is 9.48 Å². The maximum Gasteiger partial charge on any atom is 0.277 e. The van der Waals surface area contributed by atoms with Gasteiger partial charge in [0, 0.05) is 30.2 Å². The van der Waals surface area contributed by atoms with Crippen molar-refractivity contribution in [3.05, 3.63) is 41.7 Å². The van der Waals surface area contributed by atoms with Crippen LogP contribution in [-0.2, 0) is 6.98 Å². The predicted molar refractivity (Wildman–Crippen MR) is 117 cm³/mol. The van der Waals surface area contributed by atoms with Crippen molar-refractivity contribution in [1.29, 1.82) is 0 Å². The molecule has 32 heavy (non-hydrogen) atoms. The van der Waals surface area contributed by atoms with Crippen LogP contribution in [0.1, 0.15) is 27.4 Å². The molecule has 0 spiro atoms. The first-order chi connectivity index (χ1) is 16.5. The first-order valence-corrected chi connectivity index (χ1v) is 10.5. The number of aryl methyl sites for hydroxylation is 1. The van der Waals surface area contributed by atoms with Crippen molar-refractivity contribution in [3.63, 3.8) is 0 Å². The molecular weight excluding hydrogens is 443 g/mol. The van der Waals surface area contributed by atoms with Gasteiger partial charge in [-0.15, -0.1) is 0 Å². The number of amides is 1. The maximum atomic E-state index is 14.2. The molecule has 8 nitrogen and oxygen atoms in total. The van der Waals surface area contributed by atoms with Crippen molar-refractivity contribution < 1.29 is 22.1 Å². The smallest absolute Gasteiger partial charge is 0.277 e. The standard InChI is InChI=1S/C20H22F3N7OS/c1-29-20(30-7-5-10(21)13(24)6-8-30)14(9-26-29)27-18(31)16-17(25)32-19(28-16)15-11(22)3-2-4-12(15)23/h2-4,9-10,13H,5-8,24-25H2,1H3,(H,27,31)/t10-,13-/m0/s1/i1D3. The van der Waals surface area contributed by atoms with Gasteiger partial charge in [0.2, 0.25) is 0 Å². The molecule has 0 radical (unpaired) electrons. The lowest BCUT2D eigenvalue weighted by molar-refractivity contribution is 0.102. The van der Waals surface area contributed by atoms with E-state index in [9.17, 15) is 18.0 Å². The van der Waals surface area contributed by atoms with Crippen LogP contribution in [0, 0.1) is 11.6 Å². The van der Waals surface area contributed by atoms with Gasteiger partial charge < -0.3 is 21.7 Å². The number of nitrogens with one attached hydrogen (secondary N) is 1. The molecule has 4 rings (SSSR count). The van der Waals surface area contributed by atoms with E-state index in [1.807, 2.05) is 0 Å². The summed E-state index contributed by atoms with van der Waals surface area (Å²) >= 11 is 0.729. The topological polar surface area (TPSA) is 115 Å². The molecule has 0 unspecified atom stereocenters. The number of benzene rings is 1. The number of thiazole rings is 1. The summed E-state index contributed by atoms with van der Waals surface area (Å²) in [6, 6.07) is 2.61. The molecule has 5 N–H and O–H groups in total. The summed E-state index contributed by atoms with van der Waals surface area (Å²) < 4.78 is 66.6. The highest BCUT2D eigenvalue weighted by molar-refractivity contribution is 7.19. The molecule has 1 fully saturated rings. The third-order valence-corrected chi connectivity index (χ3v) is 6.11. The van der Waals surface area contributed by atoms with Crippen LogP contribution in [-0.4, -0.2) is 46.0 Å². The summed E-state index contributed by atoms with van der Waals surface area (Å²) in [4.78, 5) is 18.6. The number of rotatable bonds is 4. The number of hydrogen-bond donors (Lipinski definition) is 3. The van der Waals surface area contributed by atoms with Gasteiger partial charge in [0.1, 0.15) is 33.5 Å². The largest absolute Gasteiger partial charge is 0.389 e. The molecule has 0 bridgehead atoms. The second-order valence-electron chi connectivity index (χ2n) is 7.32.